The number of carbonyl (C=O) groups excluding carboxylic acids is 1. The number of benzene rings is 1. The van der Waals surface area contributed by atoms with Crippen molar-refractivity contribution < 1.29 is 4.79 Å². The van der Waals surface area contributed by atoms with Gasteiger partial charge in [0.15, 0.2) is 0 Å². The minimum Gasteiger partial charge on any atom is -0.272 e. The van der Waals surface area contributed by atoms with Crippen LogP contribution in [-0.4, -0.2) is 5.91 Å². The first-order valence-corrected chi connectivity index (χ1v) is 7.80. The molecule has 1 radical (unpaired) electrons. The van der Waals surface area contributed by atoms with Gasteiger partial charge in [0.1, 0.15) is 5.41 Å². The fraction of sp³-hybridized carbons (Fsp3) is 0.421. The number of amides is 1. The zero-order valence-electron chi connectivity index (χ0n) is 12.4. The van der Waals surface area contributed by atoms with Crippen molar-refractivity contribution in [3.05, 3.63) is 52.6 Å². The standard InChI is InChI=1S/C19H20NO/c1-11-8-14-4-3-5-17(16(14)9-11)19(18(20)21)12(2)13-6-7-15(19)10-13/h3-5,9,13,15,20H,2,6-8,10H2,1H3. The highest BCUT2D eigenvalue weighted by molar-refractivity contribution is 5.93. The molecule has 2 saturated carbocycles. The lowest BCUT2D eigenvalue weighted by Gasteiger charge is -2.38. The molecule has 2 bridgehead atoms. The Bertz CT molecular complexity index is 700. The van der Waals surface area contributed by atoms with Gasteiger partial charge in [0.05, 0.1) is 0 Å². The zero-order chi connectivity index (χ0) is 14.8. The lowest BCUT2D eigenvalue weighted by Crippen LogP contribution is -2.43. The smallest absolute Gasteiger partial charge is 0.253 e. The van der Waals surface area contributed by atoms with Gasteiger partial charge in [-0.05, 0) is 61.1 Å². The number of allylic oxidation sites excluding steroid dienone is 1. The van der Waals surface area contributed by atoms with Crippen LogP contribution >= 0.6 is 0 Å². The van der Waals surface area contributed by atoms with Crippen molar-refractivity contribution in [2.45, 2.75) is 38.0 Å². The van der Waals surface area contributed by atoms with Crippen LogP contribution in [0.5, 0.6) is 0 Å². The van der Waals surface area contributed by atoms with E-state index in [0.717, 1.165) is 36.8 Å². The average Bonchev–Trinajstić information content (AvgIpc) is 3.10. The third-order valence-electron chi connectivity index (χ3n) is 5.88. The van der Waals surface area contributed by atoms with Gasteiger partial charge in [-0.2, -0.15) is 0 Å². The fourth-order valence-electron chi connectivity index (χ4n) is 5.00. The molecule has 0 aliphatic heterocycles. The summed E-state index contributed by atoms with van der Waals surface area (Å²) in [6.45, 7) is 6.40. The quantitative estimate of drug-likeness (QED) is 0.761. The maximum absolute atomic E-state index is 12.4. The van der Waals surface area contributed by atoms with Crippen LogP contribution in [0.1, 0.15) is 42.9 Å². The molecule has 3 aliphatic rings. The van der Waals surface area contributed by atoms with Crippen molar-refractivity contribution >= 4 is 12.0 Å². The van der Waals surface area contributed by atoms with Gasteiger partial charge in [-0.15, -0.1) is 0 Å². The van der Waals surface area contributed by atoms with Crippen molar-refractivity contribution in [2.24, 2.45) is 11.8 Å². The molecule has 3 atom stereocenters. The molecule has 1 N–H and O–H groups in total. The minimum absolute atomic E-state index is 0.279. The second kappa shape index (κ2) is 4.09. The molecule has 2 nitrogen and oxygen atoms in total. The topological polar surface area (TPSA) is 40.9 Å². The Labute approximate surface area is 125 Å². The Morgan fingerprint density at radius 3 is 2.86 bits per heavy atom. The van der Waals surface area contributed by atoms with E-state index in [4.69, 9.17) is 5.73 Å². The van der Waals surface area contributed by atoms with Gasteiger partial charge in [-0.25, -0.2) is 0 Å². The first kappa shape index (κ1) is 12.9. The highest BCUT2D eigenvalue weighted by atomic mass is 16.1. The molecule has 2 heteroatoms. The van der Waals surface area contributed by atoms with Crippen LogP contribution in [0.25, 0.3) is 6.08 Å². The van der Waals surface area contributed by atoms with Gasteiger partial charge >= 0.3 is 0 Å². The molecule has 0 heterocycles. The maximum atomic E-state index is 12.4. The molecule has 1 amide bonds. The Morgan fingerprint density at radius 2 is 2.19 bits per heavy atom. The Kier molecular flexibility index (Phi) is 2.51. The summed E-state index contributed by atoms with van der Waals surface area (Å²) >= 11 is 0. The van der Waals surface area contributed by atoms with Gasteiger partial charge in [-0.3, -0.25) is 10.5 Å². The first-order valence-electron chi connectivity index (χ1n) is 7.80. The summed E-state index contributed by atoms with van der Waals surface area (Å²) in [4.78, 5) is 12.4. The number of hydrogen-bond acceptors (Lipinski definition) is 1. The molecule has 1 aromatic carbocycles. The van der Waals surface area contributed by atoms with E-state index >= 15 is 0 Å². The Hall–Kier alpha value is -1.83. The average molecular weight is 278 g/mol. The summed E-state index contributed by atoms with van der Waals surface area (Å²) in [6.07, 6.45) is 6.40. The second-order valence-electron chi connectivity index (χ2n) is 6.92. The molecule has 3 aliphatic carbocycles. The van der Waals surface area contributed by atoms with Crippen LogP contribution in [0.4, 0.5) is 0 Å². The van der Waals surface area contributed by atoms with Gasteiger partial charge in [0.2, 0.25) is 0 Å². The molecule has 0 saturated heterocycles. The monoisotopic (exact) mass is 278 g/mol. The summed E-state index contributed by atoms with van der Waals surface area (Å²) in [5, 5.41) is 0. The lowest BCUT2D eigenvalue weighted by molar-refractivity contribution is -0.124. The predicted octanol–water partition coefficient (Wildman–Crippen LogP) is 3.68. The van der Waals surface area contributed by atoms with Crippen molar-refractivity contribution in [3.63, 3.8) is 0 Å². The number of fused-ring (bicyclic) bond motifs is 3. The normalized spacial score (nSPS) is 33.2. The minimum atomic E-state index is -0.741. The highest BCUT2D eigenvalue weighted by Gasteiger charge is 2.59. The van der Waals surface area contributed by atoms with E-state index in [1.807, 2.05) is 6.07 Å². The second-order valence-corrected chi connectivity index (χ2v) is 6.92. The summed E-state index contributed by atoms with van der Waals surface area (Å²) < 4.78 is 0. The highest BCUT2D eigenvalue weighted by Crippen LogP contribution is 2.60. The van der Waals surface area contributed by atoms with Crippen molar-refractivity contribution in [2.75, 3.05) is 0 Å². The van der Waals surface area contributed by atoms with E-state index in [1.54, 1.807) is 0 Å². The lowest BCUT2D eigenvalue weighted by atomic mass is 9.64. The van der Waals surface area contributed by atoms with Crippen LogP contribution in [0.2, 0.25) is 0 Å². The number of nitrogens with one attached hydrogen (secondary N) is 1. The molecule has 107 valence electrons. The van der Waals surface area contributed by atoms with Crippen LogP contribution < -0.4 is 5.73 Å². The van der Waals surface area contributed by atoms with Crippen LogP contribution in [0, 0.1) is 11.8 Å². The number of hydrogen-bond donors (Lipinski definition) is 0. The molecular formula is C19H20NO. The van der Waals surface area contributed by atoms with Crippen molar-refractivity contribution in [1.82, 2.24) is 5.73 Å². The molecule has 0 aromatic heterocycles. The molecule has 4 rings (SSSR count). The summed E-state index contributed by atoms with van der Waals surface area (Å²) in [5.41, 5.74) is 13.2. The van der Waals surface area contributed by atoms with E-state index < -0.39 is 11.3 Å². The van der Waals surface area contributed by atoms with Crippen molar-refractivity contribution in [3.8, 4) is 0 Å². The van der Waals surface area contributed by atoms with Gasteiger partial charge in [-0.1, -0.05) is 42.0 Å². The van der Waals surface area contributed by atoms with Gasteiger partial charge in [0, 0.05) is 0 Å². The van der Waals surface area contributed by atoms with Crippen molar-refractivity contribution in [1.29, 1.82) is 0 Å². The first-order chi connectivity index (χ1) is 10.0. The fourth-order valence-corrected chi connectivity index (χ4v) is 5.00. The molecule has 21 heavy (non-hydrogen) atoms. The van der Waals surface area contributed by atoms with E-state index in [-0.39, 0.29) is 5.92 Å². The SMILES string of the molecule is C=C1C2CCC(C2)C1(C([NH])=O)c1cccc2c1C=C(C)C2. The van der Waals surface area contributed by atoms with E-state index in [2.05, 4.69) is 31.7 Å². The largest absolute Gasteiger partial charge is 0.272 e. The van der Waals surface area contributed by atoms with Crippen LogP contribution in [0.15, 0.2) is 35.9 Å². The third kappa shape index (κ3) is 1.45. The number of carbonyl (C=O) groups is 1. The van der Waals surface area contributed by atoms with Gasteiger partial charge in [0.25, 0.3) is 5.91 Å². The summed E-state index contributed by atoms with van der Waals surface area (Å²) in [5.74, 6) is 0.262. The zero-order valence-corrected chi connectivity index (χ0v) is 12.4. The molecular weight excluding hydrogens is 258 g/mol. The third-order valence-corrected chi connectivity index (χ3v) is 5.88. The molecule has 0 spiro atoms. The molecule has 1 aromatic rings. The van der Waals surface area contributed by atoms with Crippen LogP contribution in [-0.2, 0) is 16.6 Å². The van der Waals surface area contributed by atoms with Gasteiger partial charge < -0.3 is 0 Å². The predicted molar refractivity (Wildman–Crippen MR) is 83.5 cm³/mol. The number of rotatable bonds is 2. The Balaban J connectivity index is 1.98. The van der Waals surface area contributed by atoms with E-state index in [0.29, 0.717) is 5.92 Å². The van der Waals surface area contributed by atoms with E-state index in [1.165, 1.54) is 16.7 Å². The maximum Gasteiger partial charge on any atom is 0.253 e. The Morgan fingerprint density at radius 1 is 1.38 bits per heavy atom. The molecule has 2 fully saturated rings. The molecule has 3 unspecified atom stereocenters. The van der Waals surface area contributed by atoms with Crippen LogP contribution in [0.3, 0.4) is 0 Å². The summed E-state index contributed by atoms with van der Waals surface area (Å²) in [6, 6.07) is 6.25. The summed E-state index contributed by atoms with van der Waals surface area (Å²) in [7, 11) is 0. The van der Waals surface area contributed by atoms with E-state index in [9.17, 15) is 4.79 Å².